The molecule has 0 spiro atoms. The van der Waals surface area contributed by atoms with Gasteiger partial charge in [0, 0.05) is 16.6 Å². The molecule has 18 heavy (non-hydrogen) atoms. The Labute approximate surface area is 117 Å². The number of halogens is 2. The van der Waals surface area contributed by atoms with Crippen molar-refractivity contribution in [2.75, 3.05) is 6.54 Å². The first-order valence-corrected chi connectivity index (χ1v) is 7.69. The topological polar surface area (TPSA) is 66.4 Å². The fraction of sp³-hybridized carbons (Fsp3) is 0.455. The van der Waals surface area contributed by atoms with Crippen LogP contribution in [-0.4, -0.2) is 26.2 Å². The van der Waals surface area contributed by atoms with Gasteiger partial charge in [-0.15, -0.1) is 0 Å². The minimum Gasteiger partial charge on any atom is -0.393 e. The van der Waals surface area contributed by atoms with Gasteiger partial charge < -0.3 is 5.11 Å². The molecule has 0 bridgehead atoms. The maximum atomic E-state index is 11.9. The van der Waals surface area contributed by atoms with E-state index >= 15 is 0 Å². The van der Waals surface area contributed by atoms with Gasteiger partial charge in [-0.05, 0) is 38.0 Å². The van der Waals surface area contributed by atoms with Gasteiger partial charge >= 0.3 is 0 Å². The van der Waals surface area contributed by atoms with Gasteiger partial charge in [0.05, 0.1) is 11.0 Å². The summed E-state index contributed by atoms with van der Waals surface area (Å²) >= 11 is 11.5. The van der Waals surface area contributed by atoms with Crippen LogP contribution in [0.2, 0.25) is 10.0 Å². The fourth-order valence-corrected chi connectivity index (χ4v) is 3.17. The van der Waals surface area contributed by atoms with Gasteiger partial charge in [0.15, 0.2) is 0 Å². The lowest BCUT2D eigenvalue weighted by atomic mass is 10.2. The van der Waals surface area contributed by atoms with Crippen molar-refractivity contribution >= 4 is 33.2 Å². The molecule has 1 aromatic carbocycles. The lowest BCUT2D eigenvalue weighted by Crippen LogP contribution is -2.25. The molecule has 0 aromatic heterocycles. The van der Waals surface area contributed by atoms with Crippen LogP contribution in [0, 0.1) is 0 Å². The van der Waals surface area contributed by atoms with E-state index in [9.17, 15) is 8.42 Å². The molecule has 4 nitrogen and oxygen atoms in total. The van der Waals surface area contributed by atoms with Crippen molar-refractivity contribution in [3.63, 3.8) is 0 Å². The zero-order valence-electron chi connectivity index (χ0n) is 9.86. The third-order valence-corrected chi connectivity index (χ3v) is 4.11. The molecule has 0 aliphatic carbocycles. The number of benzene rings is 1. The highest BCUT2D eigenvalue weighted by atomic mass is 35.5. The van der Waals surface area contributed by atoms with E-state index in [1.807, 2.05) is 0 Å². The quantitative estimate of drug-likeness (QED) is 0.793. The second-order valence-electron chi connectivity index (χ2n) is 3.99. The standard InChI is InChI=1S/C11H15Cl2NO3S/c1-8(15)3-2-4-14-18(16,17)11-6-9(12)5-10(13)7-11/h5-8,14-15H,2-4H2,1H3. The third kappa shape index (κ3) is 5.12. The number of nitrogens with one attached hydrogen (secondary N) is 1. The first-order chi connectivity index (χ1) is 8.31. The molecule has 1 atom stereocenters. The molecule has 0 saturated heterocycles. The number of hydrogen-bond donors (Lipinski definition) is 2. The van der Waals surface area contributed by atoms with E-state index in [4.69, 9.17) is 28.3 Å². The van der Waals surface area contributed by atoms with Crippen LogP contribution in [0.4, 0.5) is 0 Å². The minimum absolute atomic E-state index is 0.0389. The molecule has 102 valence electrons. The van der Waals surface area contributed by atoms with Crippen LogP contribution >= 0.6 is 23.2 Å². The second kappa shape index (κ2) is 6.73. The SMILES string of the molecule is CC(O)CCCNS(=O)(=O)c1cc(Cl)cc(Cl)c1. The van der Waals surface area contributed by atoms with Crippen molar-refractivity contribution < 1.29 is 13.5 Å². The maximum absolute atomic E-state index is 11.9. The van der Waals surface area contributed by atoms with Crippen molar-refractivity contribution in [3.05, 3.63) is 28.2 Å². The summed E-state index contributed by atoms with van der Waals surface area (Å²) in [5.74, 6) is 0. The number of aliphatic hydroxyl groups is 1. The number of sulfonamides is 1. The molecule has 1 rings (SSSR count). The number of rotatable bonds is 6. The van der Waals surface area contributed by atoms with Crippen molar-refractivity contribution in [2.24, 2.45) is 0 Å². The lowest BCUT2D eigenvalue weighted by Gasteiger charge is -2.08. The highest BCUT2D eigenvalue weighted by molar-refractivity contribution is 7.89. The smallest absolute Gasteiger partial charge is 0.240 e. The molecule has 0 saturated carbocycles. The van der Waals surface area contributed by atoms with Crippen molar-refractivity contribution in [3.8, 4) is 0 Å². The summed E-state index contributed by atoms with van der Waals surface area (Å²) in [7, 11) is -3.60. The lowest BCUT2D eigenvalue weighted by molar-refractivity contribution is 0.182. The van der Waals surface area contributed by atoms with Gasteiger partial charge in [-0.3, -0.25) is 0 Å². The Morgan fingerprint density at radius 3 is 2.33 bits per heavy atom. The highest BCUT2D eigenvalue weighted by Crippen LogP contribution is 2.22. The summed E-state index contributed by atoms with van der Waals surface area (Å²) in [4.78, 5) is 0.0389. The zero-order chi connectivity index (χ0) is 13.8. The van der Waals surface area contributed by atoms with Crippen LogP contribution in [0.15, 0.2) is 23.1 Å². The molecule has 0 radical (unpaired) electrons. The normalized spacial score (nSPS) is 13.6. The van der Waals surface area contributed by atoms with Gasteiger partial charge in [0.2, 0.25) is 10.0 Å². The Kier molecular flexibility index (Phi) is 5.88. The molecule has 0 aliphatic rings. The predicted octanol–water partition coefficient (Wildman–Crippen LogP) is 2.43. The molecule has 0 heterocycles. The summed E-state index contributed by atoms with van der Waals surface area (Å²) in [5.41, 5.74) is 0. The van der Waals surface area contributed by atoms with Crippen molar-refractivity contribution in [1.29, 1.82) is 0 Å². The van der Waals surface area contributed by atoms with Crippen LogP contribution < -0.4 is 4.72 Å². The van der Waals surface area contributed by atoms with E-state index in [-0.39, 0.29) is 21.5 Å². The van der Waals surface area contributed by atoms with Gasteiger partial charge in [-0.2, -0.15) is 0 Å². The number of aliphatic hydroxyl groups excluding tert-OH is 1. The number of hydrogen-bond acceptors (Lipinski definition) is 3. The van der Waals surface area contributed by atoms with Crippen LogP contribution in [0.3, 0.4) is 0 Å². The van der Waals surface area contributed by atoms with Gasteiger partial charge in [0.1, 0.15) is 0 Å². The van der Waals surface area contributed by atoms with E-state index < -0.39 is 16.1 Å². The Balaban J connectivity index is 2.68. The molecule has 0 aliphatic heterocycles. The molecule has 2 N–H and O–H groups in total. The molecule has 0 amide bonds. The van der Waals surface area contributed by atoms with Gasteiger partial charge in [-0.1, -0.05) is 23.2 Å². The Morgan fingerprint density at radius 2 is 1.83 bits per heavy atom. The van der Waals surface area contributed by atoms with E-state index in [0.717, 1.165) is 0 Å². The first-order valence-electron chi connectivity index (χ1n) is 5.45. The van der Waals surface area contributed by atoms with E-state index in [2.05, 4.69) is 4.72 Å². The average Bonchev–Trinajstić information content (AvgIpc) is 2.23. The monoisotopic (exact) mass is 311 g/mol. The molecular weight excluding hydrogens is 297 g/mol. The Hall–Kier alpha value is -0.330. The zero-order valence-corrected chi connectivity index (χ0v) is 12.2. The average molecular weight is 312 g/mol. The van der Waals surface area contributed by atoms with E-state index in [1.165, 1.54) is 18.2 Å². The summed E-state index contributed by atoms with van der Waals surface area (Å²) in [6.07, 6.45) is 0.666. The molecule has 1 aromatic rings. The first kappa shape index (κ1) is 15.7. The summed E-state index contributed by atoms with van der Waals surface area (Å²) < 4.78 is 26.2. The molecule has 7 heteroatoms. The van der Waals surface area contributed by atoms with Gasteiger partial charge in [0.25, 0.3) is 0 Å². The Bertz CT molecular complexity index is 483. The van der Waals surface area contributed by atoms with Crippen LogP contribution in [0.1, 0.15) is 19.8 Å². The molecule has 0 fully saturated rings. The van der Waals surface area contributed by atoms with Crippen LogP contribution in [0.25, 0.3) is 0 Å². The maximum Gasteiger partial charge on any atom is 0.240 e. The van der Waals surface area contributed by atoms with Crippen LogP contribution in [-0.2, 0) is 10.0 Å². The highest BCUT2D eigenvalue weighted by Gasteiger charge is 2.14. The second-order valence-corrected chi connectivity index (χ2v) is 6.63. The fourth-order valence-electron chi connectivity index (χ4n) is 1.37. The van der Waals surface area contributed by atoms with Crippen molar-refractivity contribution in [1.82, 2.24) is 4.72 Å². The Morgan fingerprint density at radius 1 is 1.28 bits per heavy atom. The van der Waals surface area contributed by atoms with E-state index in [0.29, 0.717) is 12.8 Å². The summed E-state index contributed by atoms with van der Waals surface area (Å²) in [6.45, 7) is 1.92. The van der Waals surface area contributed by atoms with Crippen LogP contribution in [0.5, 0.6) is 0 Å². The van der Waals surface area contributed by atoms with E-state index in [1.54, 1.807) is 6.92 Å². The molecule has 1 unspecified atom stereocenters. The predicted molar refractivity (Wildman–Crippen MR) is 72.6 cm³/mol. The molecular formula is C11H15Cl2NO3S. The van der Waals surface area contributed by atoms with Crippen molar-refractivity contribution in [2.45, 2.75) is 30.8 Å². The minimum atomic E-state index is -3.60. The van der Waals surface area contributed by atoms with Gasteiger partial charge in [-0.25, -0.2) is 13.1 Å². The summed E-state index contributed by atoms with van der Waals surface area (Å²) in [6, 6.07) is 4.14. The summed E-state index contributed by atoms with van der Waals surface area (Å²) in [5, 5.41) is 9.60. The largest absolute Gasteiger partial charge is 0.393 e. The third-order valence-electron chi connectivity index (χ3n) is 2.24.